The lowest BCUT2D eigenvalue weighted by Crippen LogP contribution is -2.22. The van der Waals surface area contributed by atoms with Gasteiger partial charge in [-0.25, -0.2) is 19.6 Å². The van der Waals surface area contributed by atoms with Crippen LogP contribution in [0.1, 0.15) is 0 Å². The molecule has 2 aromatic heterocycles. The molecule has 0 atom stereocenters. The van der Waals surface area contributed by atoms with Gasteiger partial charge in [0.15, 0.2) is 23.0 Å². The number of halogens is 4. The lowest BCUT2D eigenvalue weighted by atomic mass is 10.2. The van der Waals surface area contributed by atoms with Crippen LogP contribution in [0.2, 0.25) is 10.0 Å². The van der Waals surface area contributed by atoms with E-state index in [-0.39, 0.29) is 43.6 Å². The molecule has 2 aliphatic heterocycles. The van der Waals surface area contributed by atoms with Crippen LogP contribution < -0.4 is 31.6 Å². The minimum atomic E-state index is -0.187. The van der Waals surface area contributed by atoms with Gasteiger partial charge in [0.25, 0.3) is 0 Å². The number of rotatable bonds is 0. The maximum absolute atomic E-state index is 12.6. The summed E-state index contributed by atoms with van der Waals surface area (Å²) >= 11 is 20.9. The Bertz CT molecular complexity index is 2070. The van der Waals surface area contributed by atoms with Gasteiger partial charge in [0, 0.05) is 40.3 Å². The number of aryl methyl sites for hydroxylation is 4. The van der Waals surface area contributed by atoms with Crippen molar-refractivity contribution in [1.29, 1.82) is 0 Å². The fourth-order valence-electron chi connectivity index (χ4n) is 5.00. The molecule has 0 unspecified atom stereocenters. The van der Waals surface area contributed by atoms with Gasteiger partial charge in [-0.3, -0.25) is 18.3 Å². The van der Waals surface area contributed by atoms with Crippen molar-refractivity contribution in [1.82, 2.24) is 18.3 Å². The van der Waals surface area contributed by atoms with Gasteiger partial charge in [0.1, 0.15) is 32.1 Å². The number of ether oxygens (including phenoxy) is 2. The minimum Gasteiger partial charge on any atom is -0.451 e. The molecule has 0 saturated heterocycles. The number of benzene rings is 3. The van der Waals surface area contributed by atoms with Crippen LogP contribution in [0.15, 0.2) is 40.7 Å². The zero-order valence-corrected chi connectivity index (χ0v) is 24.7. The molecule has 3 aromatic carbocycles. The molecular formula is C24H14Br2Cl2N6O4. The Morgan fingerprint density at radius 2 is 1.05 bits per heavy atom. The highest BCUT2D eigenvalue weighted by Crippen LogP contribution is 2.49. The summed E-state index contributed by atoms with van der Waals surface area (Å²) in [5.74, 6) is 1.23. The first kappa shape index (κ1) is 24.0. The molecule has 0 fully saturated rings. The average molecular weight is 681 g/mol. The number of imidazole rings is 2. The molecule has 38 heavy (non-hydrogen) atoms. The number of nitrogens with zero attached hydrogens (tertiary/aromatic N) is 6. The summed E-state index contributed by atoms with van der Waals surface area (Å²) in [4.78, 5) is 34.6. The van der Waals surface area contributed by atoms with Gasteiger partial charge >= 0.3 is 11.4 Å². The Morgan fingerprint density at radius 1 is 0.684 bits per heavy atom. The third kappa shape index (κ3) is 2.83. The first-order chi connectivity index (χ1) is 18.0. The van der Waals surface area contributed by atoms with E-state index in [9.17, 15) is 9.59 Å². The molecule has 0 spiro atoms. The monoisotopic (exact) mass is 678 g/mol. The van der Waals surface area contributed by atoms with Crippen molar-refractivity contribution >= 4 is 88.5 Å². The Balaban J connectivity index is 1.54. The molecular weight excluding hydrogens is 667 g/mol. The zero-order chi connectivity index (χ0) is 26.9. The van der Waals surface area contributed by atoms with Crippen LogP contribution in [-0.2, 0) is 28.2 Å². The summed E-state index contributed by atoms with van der Waals surface area (Å²) in [6.45, 7) is 0. The summed E-state index contributed by atoms with van der Waals surface area (Å²) in [6, 6.07) is 3.47. The predicted molar refractivity (Wildman–Crippen MR) is 150 cm³/mol. The second kappa shape index (κ2) is 7.75. The predicted octanol–water partition coefficient (Wildman–Crippen LogP) is 5.01. The molecule has 7 rings (SSSR count). The van der Waals surface area contributed by atoms with Crippen LogP contribution >= 0.6 is 55.1 Å². The molecule has 5 aromatic rings. The number of hydrogen-bond acceptors (Lipinski definition) is 6. The standard InChI is InChI=1S/C24H14Br2Cl2N6O4/c1-31-7-5-9-15(11(25)19(7)33(3)23(31)35)29-17-14(28)22-18(13(27)21(17)37-9)30-16-10(38-22)6-8-20(12(16)26)34(4)24(36)32(8)2/h5-6H,1-4H3. The average Bonchev–Trinajstić information content (AvgIpc) is 3.25. The maximum Gasteiger partial charge on any atom is 0.328 e. The van der Waals surface area contributed by atoms with E-state index in [2.05, 4.69) is 31.9 Å². The molecule has 0 saturated carbocycles. The largest absolute Gasteiger partial charge is 0.451 e. The van der Waals surface area contributed by atoms with Crippen LogP contribution in [0, 0.1) is 0 Å². The van der Waals surface area contributed by atoms with E-state index < -0.39 is 0 Å². The van der Waals surface area contributed by atoms with E-state index in [0.717, 1.165) is 0 Å². The summed E-state index contributed by atoms with van der Waals surface area (Å²) in [5, 5.41) is 0.864. The summed E-state index contributed by atoms with van der Waals surface area (Å²) in [5.41, 5.74) is 3.18. The van der Waals surface area contributed by atoms with E-state index in [1.54, 1.807) is 40.3 Å². The molecule has 192 valence electrons. The van der Waals surface area contributed by atoms with Gasteiger partial charge in [-0.15, -0.1) is 0 Å². The van der Waals surface area contributed by atoms with Gasteiger partial charge in [-0.1, -0.05) is 23.2 Å². The first-order valence-corrected chi connectivity index (χ1v) is 13.4. The molecule has 0 aliphatic carbocycles. The zero-order valence-electron chi connectivity index (χ0n) is 20.0. The van der Waals surface area contributed by atoms with E-state index >= 15 is 0 Å². The van der Waals surface area contributed by atoms with Crippen molar-refractivity contribution in [2.75, 3.05) is 0 Å². The fraction of sp³-hybridized carbons (Fsp3) is 0.167. The van der Waals surface area contributed by atoms with Gasteiger partial charge in [0.2, 0.25) is 0 Å². The number of hydrogen-bond donors (Lipinski definition) is 0. The smallest absolute Gasteiger partial charge is 0.328 e. The number of aromatic nitrogens is 4. The van der Waals surface area contributed by atoms with E-state index in [1.807, 2.05) is 0 Å². The van der Waals surface area contributed by atoms with Crippen molar-refractivity contribution in [3.05, 3.63) is 62.8 Å². The van der Waals surface area contributed by atoms with E-state index in [0.29, 0.717) is 53.9 Å². The molecule has 4 heterocycles. The molecule has 10 nitrogen and oxygen atoms in total. The van der Waals surface area contributed by atoms with Crippen molar-refractivity contribution in [3.8, 4) is 23.0 Å². The van der Waals surface area contributed by atoms with Gasteiger partial charge in [-0.2, -0.15) is 0 Å². The topological polar surface area (TPSA) is 97.0 Å². The molecule has 0 N–H and O–H groups in total. The maximum atomic E-state index is 12.6. The molecule has 14 heteroatoms. The number of fused-ring (bicyclic) bond motifs is 6. The highest BCUT2D eigenvalue weighted by Gasteiger charge is 2.31. The summed E-state index contributed by atoms with van der Waals surface area (Å²) in [6.07, 6.45) is 0. The summed E-state index contributed by atoms with van der Waals surface area (Å²) in [7, 11) is 6.74. The second-order valence-corrected chi connectivity index (χ2v) is 11.4. The Morgan fingerprint density at radius 3 is 1.42 bits per heavy atom. The molecule has 2 aliphatic rings. The third-order valence-electron chi connectivity index (χ3n) is 6.98. The van der Waals surface area contributed by atoms with Crippen molar-refractivity contribution in [2.24, 2.45) is 38.2 Å². The van der Waals surface area contributed by atoms with Crippen LogP contribution in [0.3, 0.4) is 0 Å². The van der Waals surface area contributed by atoms with Gasteiger partial charge < -0.3 is 9.47 Å². The van der Waals surface area contributed by atoms with Crippen LogP contribution in [0.4, 0.5) is 11.4 Å². The Kier molecular flexibility index (Phi) is 4.90. The lowest BCUT2D eigenvalue weighted by Gasteiger charge is -2.22. The van der Waals surface area contributed by atoms with Crippen molar-refractivity contribution in [2.45, 2.75) is 0 Å². The molecule has 0 amide bonds. The van der Waals surface area contributed by atoms with Crippen LogP contribution in [0.5, 0.6) is 23.0 Å². The first-order valence-electron chi connectivity index (χ1n) is 11.1. The van der Waals surface area contributed by atoms with Crippen molar-refractivity contribution < 1.29 is 9.47 Å². The Labute approximate surface area is 239 Å². The van der Waals surface area contributed by atoms with Crippen LogP contribution in [0.25, 0.3) is 22.1 Å². The lowest BCUT2D eigenvalue weighted by molar-refractivity contribution is 0.451. The quantitative estimate of drug-likeness (QED) is 0.225. The molecule has 0 radical (unpaired) electrons. The van der Waals surface area contributed by atoms with Crippen molar-refractivity contribution in [3.63, 3.8) is 0 Å². The minimum absolute atomic E-state index is 0.159. The van der Waals surface area contributed by atoms with E-state index in [1.165, 1.54) is 18.3 Å². The second-order valence-electron chi connectivity index (χ2n) is 9.02. The normalized spacial score (nSPS) is 13.3. The highest BCUT2D eigenvalue weighted by molar-refractivity contribution is 9.11. The third-order valence-corrected chi connectivity index (χ3v) is 9.18. The summed E-state index contributed by atoms with van der Waals surface area (Å²) < 4.78 is 19.7. The van der Waals surface area contributed by atoms with Crippen LogP contribution in [-0.4, -0.2) is 18.3 Å². The SMILES string of the molecule is Cn1c(=O)n(C)c2c(Br)c3c(cc21)Oc1c(Cl)c2c(c(Cl)c1=N3)Oc1cc3c(c(Br)c1N=2)n(C)c(=O)n3C. The Hall–Kier alpha value is -3.06. The fourth-order valence-corrected chi connectivity index (χ4v) is 7.02. The van der Waals surface area contributed by atoms with E-state index in [4.69, 9.17) is 42.7 Å². The highest BCUT2D eigenvalue weighted by atomic mass is 79.9. The van der Waals surface area contributed by atoms with Gasteiger partial charge in [-0.05, 0) is 31.9 Å². The molecule has 0 bridgehead atoms. The van der Waals surface area contributed by atoms with Gasteiger partial charge in [0.05, 0.1) is 31.0 Å².